The quantitative estimate of drug-likeness (QED) is 0.439. The lowest BCUT2D eigenvalue weighted by Gasteiger charge is -2.11. The number of nitrogens with one attached hydrogen (secondary N) is 1. The molecular weight excluding hydrogens is 412 g/mol. The zero-order valence-electron chi connectivity index (χ0n) is 18.2. The summed E-state index contributed by atoms with van der Waals surface area (Å²) in [5, 5.41) is 11.7. The molecule has 0 saturated carbocycles. The molecule has 0 spiro atoms. The fraction of sp³-hybridized carbons (Fsp3) is 0.185. The third-order valence-electron chi connectivity index (χ3n) is 5.96. The van der Waals surface area contributed by atoms with E-state index in [1.807, 2.05) is 42.5 Å². The number of nitrogens with zero attached hydrogens (tertiary/aromatic N) is 3. The van der Waals surface area contributed by atoms with E-state index in [9.17, 15) is 9.59 Å². The molecule has 0 radical (unpaired) electrons. The number of aromatic nitrogens is 3. The van der Waals surface area contributed by atoms with Crippen LogP contribution in [0.15, 0.2) is 78.9 Å². The summed E-state index contributed by atoms with van der Waals surface area (Å²) in [4.78, 5) is 26.0. The molecule has 0 unspecified atom stereocenters. The average molecular weight is 437 g/mol. The number of benzene rings is 3. The first kappa shape index (κ1) is 20.8. The molecule has 0 atom stereocenters. The minimum atomic E-state index is -0.320. The summed E-state index contributed by atoms with van der Waals surface area (Å²) in [6.45, 7) is 0.933. The van der Waals surface area contributed by atoms with Crippen molar-refractivity contribution >= 4 is 17.4 Å². The van der Waals surface area contributed by atoms with Gasteiger partial charge in [0.05, 0.1) is 5.56 Å². The van der Waals surface area contributed by atoms with Gasteiger partial charge < -0.3 is 9.88 Å². The van der Waals surface area contributed by atoms with Crippen LogP contribution in [0.5, 0.6) is 0 Å². The van der Waals surface area contributed by atoms with Crippen molar-refractivity contribution in [2.75, 3.05) is 5.32 Å². The van der Waals surface area contributed by atoms with Crippen molar-refractivity contribution in [3.8, 4) is 11.4 Å². The van der Waals surface area contributed by atoms with Crippen LogP contribution in [-0.2, 0) is 13.0 Å². The Balaban J connectivity index is 1.36. The molecule has 2 heterocycles. The average Bonchev–Trinajstić information content (AvgIpc) is 3.12. The number of amides is 1. The Labute approximate surface area is 192 Å². The van der Waals surface area contributed by atoms with Gasteiger partial charge in [0, 0.05) is 35.3 Å². The number of carbonyl (C=O) groups excluding carboxylic acids is 2. The van der Waals surface area contributed by atoms with Gasteiger partial charge in [-0.25, -0.2) is 0 Å². The van der Waals surface area contributed by atoms with E-state index in [2.05, 4.69) is 20.1 Å². The van der Waals surface area contributed by atoms with Crippen LogP contribution >= 0.6 is 0 Å². The van der Waals surface area contributed by atoms with Gasteiger partial charge in [-0.3, -0.25) is 9.59 Å². The largest absolute Gasteiger partial charge is 0.322 e. The van der Waals surface area contributed by atoms with Crippen LogP contribution < -0.4 is 5.32 Å². The molecule has 1 aliphatic heterocycles. The topological polar surface area (TPSA) is 76.9 Å². The smallest absolute Gasteiger partial charge is 0.256 e. The van der Waals surface area contributed by atoms with E-state index in [1.54, 1.807) is 36.4 Å². The molecule has 3 aromatic carbocycles. The Hall–Kier alpha value is -4.06. The molecular formula is C27H24N4O2. The highest BCUT2D eigenvalue weighted by atomic mass is 16.2. The molecule has 0 aliphatic carbocycles. The van der Waals surface area contributed by atoms with Gasteiger partial charge >= 0.3 is 0 Å². The van der Waals surface area contributed by atoms with Gasteiger partial charge in [-0.15, -0.1) is 10.2 Å². The van der Waals surface area contributed by atoms with Crippen molar-refractivity contribution in [3.05, 3.63) is 101 Å². The van der Waals surface area contributed by atoms with Gasteiger partial charge in [-0.1, -0.05) is 55.0 Å². The SMILES string of the molecule is O=C(Nc1ccc(-c2nnc3n2CCCCC3)cc1)c1ccccc1C(=O)c1ccccc1. The predicted octanol–water partition coefficient (Wildman–Crippen LogP) is 5.15. The third kappa shape index (κ3) is 4.32. The van der Waals surface area contributed by atoms with Crippen LogP contribution in [0.4, 0.5) is 5.69 Å². The van der Waals surface area contributed by atoms with Crippen LogP contribution in [0, 0.1) is 0 Å². The summed E-state index contributed by atoms with van der Waals surface area (Å²) in [5.41, 5.74) is 2.89. The molecule has 164 valence electrons. The minimum Gasteiger partial charge on any atom is -0.322 e. The van der Waals surface area contributed by atoms with E-state index in [-0.39, 0.29) is 11.7 Å². The second-order valence-corrected chi connectivity index (χ2v) is 8.17. The van der Waals surface area contributed by atoms with E-state index in [1.165, 1.54) is 6.42 Å². The van der Waals surface area contributed by atoms with Crippen molar-refractivity contribution in [2.45, 2.75) is 32.2 Å². The highest BCUT2D eigenvalue weighted by Gasteiger charge is 2.19. The van der Waals surface area contributed by atoms with Gasteiger partial charge in [-0.2, -0.15) is 0 Å². The fourth-order valence-corrected chi connectivity index (χ4v) is 4.22. The Morgan fingerprint density at radius 3 is 2.27 bits per heavy atom. The maximum Gasteiger partial charge on any atom is 0.256 e. The first-order valence-corrected chi connectivity index (χ1v) is 11.2. The summed E-state index contributed by atoms with van der Waals surface area (Å²) < 4.78 is 2.20. The number of hydrogen-bond donors (Lipinski definition) is 1. The third-order valence-corrected chi connectivity index (χ3v) is 5.96. The molecule has 1 aromatic heterocycles. The van der Waals surface area contributed by atoms with E-state index in [0.717, 1.165) is 43.0 Å². The van der Waals surface area contributed by atoms with Crippen molar-refractivity contribution in [1.82, 2.24) is 14.8 Å². The molecule has 5 rings (SSSR count). The molecule has 6 nitrogen and oxygen atoms in total. The summed E-state index contributed by atoms with van der Waals surface area (Å²) in [6.07, 6.45) is 4.45. The number of carbonyl (C=O) groups is 2. The Morgan fingerprint density at radius 1 is 0.758 bits per heavy atom. The van der Waals surface area contributed by atoms with Crippen LogP contribution in [0.2, 0.25) is 0 Å². The maximum absolute atomic E-state index is 13.0. The van der Waals surface area contributed by atoms with Gasteiger partial charge in [0.15, 0.2) is 11.6 Å². The van der Waals surface area contributed by atoms with Crippen molar-refractivity contribution < 1.29 is 9.59 Å². The van der Waals surface area contributed by atoms with Crippen molar-refractivity contribution in [2.24, 2.45) is 0 Å². The standard InChI is InChI=1S/C27H24N4O2/c32-25(19-9-3-1-4-10-19)22-11-6-7-12-23(22)27(33)28-21-16-14-20(15-17-21)26-30-29-24-13-5-2-8-18-31(24)26/h1,3-4,6-7,9-12,14-17H,2,5,8,13,18H2,(H,28,33). The summed E-state index contributed by atoms with van der Waals surface area (Å²) in [5.74, 6) is 1.41. The van der Waals surface area contributed by atoms with E-state index >= 15 is 0 Å². The highest BCUT2D eigenvalue weighted by Crippen LogP contribution is 2.24. The van der Waals surface area contributed by atoms with Crippen LogP contribution in [0.25, 0.3) is 11.4 Å². The lowest BCUT2D eigenvalue weighted by molar-refractivity contribution is 0.0996. The molecule has 1 amide bonds. The summed E-state index contributed by atoms with van der Waals surface area (Å²) >= 11 is 0. The van der Waals surface area contributed by atoms with Crippen LogP contribution in [-0.4, -0.2) is 26.5 Å². The Bertz CT molecular complexity index is 1290. The number of anilines is 1. The lowest BCUT2D eigenvalue weighted by Crippen LogP contribution is -2.17. The molecule has 4 aromatic rings. The zero-order chi connectivity index (χ0) is 22.6. The van der Waals surface area contributed by atoms with Crippen LogP contribution in [0.3, 0.4) is 0 Å². The monoisotopic (exact) mass is 436 g/mol. The van der Waals surface area contributed by atoms with Crippen molar-refractivity contribution in [3.63, 3.8) is 0 Å². The Morgan fingerprint density at radius 2 is 1.48 bits per heavy atom. The zero-order valence-corrected chi connectivity index (χ0v) is 18.2. The summed E-state index contributed by atoms with van der Waals surface area (Å²) in [7, 11) is 0. The molecule has 0 bridgehead atoms. The van der Waals surface area contributed by atoms with Crippen molar-refractivity contribution in [1.29, 1.82) is 0 Å². The molecule has 0 fully saturated rings. The van der Waals surface area contributed by atoms with E-state index < -0.39 is 0 Å². The fourth-order valence-electron chi connectivity index (χ4n) is 4.22. The summed E-state index contributed by atoms with van der Waals surface area (Å²) in [6, 6.07) is 23.5. The van der Waals surface area contributed by atoms with E-state index in [0.29, 0.717) is 22.4 Å². The molecule has 0 saturated heterocycles. The first-order chi connectivity index (χ1) is 16.2. The second-order valence-electron chi connectivity index (χ2n) is 8.17. The van der Waals surface area contributed by atoms with Gasteiger partial charge in [0.1, 0.15) is 5.82 Å². The first-order valence-electron chi connectivity index (χ1n) is 11.2. The molecule has 1 aliphatic rings. The van der Waals surface area contributed by atoms with Gasteiger partial charge in [0.25, 0.3) is 5.91 Å². The maximum atomic E-state index is 13.0. The minimum absolute atomic E-state index is 0.177. The van der Waals surface area contributed by atoms with Gasteiger partial charge in [0.2, 0.25) is 0 Å². The number of hydrogen-bond acceptors (Lipinski definition) is 4. The highest BCUT2D eigenvalue weighted by molar-refractivity contribution is 6.17. The predicted molar refractivity (Wildman–Crippen MR) is 127 cm³/mol. The molecule has 6 heteroatoms. The normalized spacial score (nSPS) is 13.1. The number of aryl methyl sites for hydroxylation is 1. The van der Waals surface area contributed by atoms with Crippen LogP contribution in [0.1, 0.15) is 51.4 Å². The number of ketones is 1. The second kappa shape index (κ2) is 9.20. The molecule has 1 N–H and O–H groups in total. The number of rotatable bonds is 5. The van der Waals surface area contributed by atoms with Gasteiger partial charge in [-0.05, 0) is 43.2 Å². The lowest BCUT2D eigenvalue weighted by atomic mass is 9.98. The number of fused-ring (bicyclic) bond motifs is 1. The Kier molecular flexibility index (Phi) is 5.81. The van der Waals surface area contributed by atoms with E-state index in [4.69, 9.17) is 0 Å². The molecule has 33 heavy (non-hydrogen) atoms.